The van der Waals surface area contributed by atoms with Gasteiger partial charge < -0.3 is 14.1 Å². The molecule has 0 radical (unpaired) electrons. The van der Waals surface area contributed by atoms with Gasteiger partial charge in [0.15, 0.2) is 6.54 Å². The maximum atomic E-state index is 10.7. The van der Waals surface area contributed by atoms with Crippen molar-refractivity contribution >= 4 is 16.1 Å². The lowest BCUT2D eigenvalue weighted by molar-refractivity contribution is -0.880. The summed E-state index contributed by atoms with van der Waals surface area (Å²) in [5.41, 5.74) is 0. The van der Waals surface area contributed by atoms with Gasteiger partial charge in [-0.15, -0.1) is 0 Å². The first-order chi connectivity index (χ1) is 9.11. The zero-order chi connectivity index (χ0) is 17.1. The lowest BCUT2D eigenvalue weighted by Crippen LogP contribution is -2.39. The molecule has 0 aromatic carbocycles. The molecular weight excluding hydrogens is 296 g/mol. The number of quaternary nitrogens is 2. The maximum absolute atomic E-state index is 10.7. The fourth-order valence-corrected chi connectivity index (χ4v) is 3.69. The summed E-state index contributed by atoms with van der Waals surface area (Å²) in [7, 11) is 5.89. The van der Waals surface area contributed by atoms with Crippen LogP contribution < -0.4 is 0 Å². The topological polar surface area (TPSA) is 91.7 Å². The molecule has 0 spiro atoms. The summed E-state index contributed by atoms with van der Waals surface area (Å²) in [6, 6.07) is 0. The van der Waals surface area contributed by atoms with Crippen LogP contribution in [0, 0.1) is 11.8 Å². The van der Waals surface area contributed by atoms with Crippen molar-refractivity contribution in [1.82, 2.24) is 0 Å². The van der Waals surface area contributed by atoms with Crippen LogP contribution in [-0.2, 0) is 14.9 Å². The van der Waals surface area contributed by atoms with E-state index >= 15 is 0 Å². The summed E-state index contributed by atoms with van der Waals surface area (Å²) >= 11 is 0. The molecular formula is C13H30N2O5S+2. The number of likely N-dealkylation sites (N-methyl/N-ethyl adjacent to an activating group) is 1. The Balaban J connectivity index is 0.000000433. The van der Waals surface area contributed by atoms with Crippen LogP contribution in [0.3, 0.4) is 0 Å². The Morgan fingerprint density at radius 2 is 1.71 bits per heavy atom. The van der Waals surface area contributed by atoms with E-state index in [1.165, 1.54) is 0 Å². The maximum Gasteiger partial charge on any atom is 0.359 e. The number of hydrogen-bond donors (Lipinski definition) is 2. The standard InChI is InChI=1S/C8H17NO3S.C5H11NO2/c1-7-4-9(2,3)5-8(7)6-13(10,11)12;1-6(2,3)4-5(7)8/h7-8H,4-6H2,1-3H3;4H2,1-3H3/p+2. The number of carboxylic acids is 1. The number of carboxylic acid groups (broad SMARTS) is 1. The van der Waals surface area contributed by atoms with Crippen LogP contribution in [0.5, 0.6) is 0 Å². The normalized spacial score (nSPS) is 25.1. The molecule has 2 unspecified atom stereocenters. The average molecular weight is 326 g/mol. The van der Waals surface area contributed by atoms with Crippen molar-refractivity contribution in [3.63, 3.8) is 0 Å². The van der Waals surface area contributed by atoms with E-state index in [2.05, 4.69) is 14.1 Å². The van der Waals surface area contributed by atoms with Gasteiger partial charge in [-0.25, -0.2) is 4.79 Å². The second-order valence-electron chi connectivity index (χ2n) is 7.63. The summed E-state index contributed by atoms with van der Waals surface area (Å²) < 4.78 is 31.4. The molecule has 0 amide bonds. The molecule has 0 aromatic heterocycles. The molecule has 2 atom stereocenters. The minimum Gasteiger partial charge on any atom is -0.477 e. The van der Waals surface area contributed by atoms with E-state index in [1.54, 1.807) is 0 Å². The van der Waals surface area contributed by atoms with E-state index in [4.69, 9.17) is 9.66 Å². The van der Waals surface area contributed by atoms with Gasteiger partial charge in [0.2, 0.25) is 0 Å². The number of hydrogen-bond acceptors (Lipinski definition) is 3. The summed E-state index contributed by atoms with van der Waals surface area (Å²) in [6.45, 7) is 4.05. The van der Waals surface area contributed by atoms with Gasteiger partial charge in [-0.05, 0) is 0 Å². The highest BCUT2D eigenvalue weighted by atomic mass is 32.2. The molecule has 2 N–H and O–H groups in total. The first kappa shape index (κ1) is 20.3. The molecule has 0 aliphatic carbocycles. The van der Waals surface area contributed by atoms with Crippen molar-refractivity contribution in [2.75, 3.05) is 60.6 Å². The molecule has 0 aromatic rings. The van der Waals surface area contributed by atoms with E-state index in [1.807, 2.05) is 28.1 Å². The second kappa shape index (κ2) is 7.04. The molecule has 1 aliphatic heterocycles. The van der Waals surface area contributed by atoms with Crippen LogP contribution in [0.4, 0.5) is 0 Å². The Hall–Kier alpha value is -0.700. The number of aliphatic carboxylic acids is 1. The smallest absolute Gasteiger partial charge is 0.359 e. The van der Waals surface area contributed by atoms with E-state index in [0.29, 0.717) is 10.4 Å². The highest BCUT2D eigenvalue weighted by Crippen LogP contribution is 2.27. The third-order valence-corrected chi connectivity index (χ3v) is 4.20. The Morgan fingerprint density at radius 1 is 1.24 bits per heavy atom. The van der Waals surface area contributed by atoms with Gasteiger partial charge in [-0.3, -0.25) is 4.55 Å². The Labute approximate surface area is 128 Å². The molecule has 126 valence electrons. The second-order valence-corrected chi connectivity index (χ2v) is 9.13. The molecule has 1 aliphatic rings. The third kappa shape index (κ3) is 10.6. The zero-order valence-electron chi connectivity index (χ0n) is 13.9. The zero-order valence-corrected chi connectivity index (χ0v) is 14.7. The lowest BCUT2D eigenvalue weighted by Gasteiger charge is -2.23. The summed E-state index contributed by atoms with van der Waals surface area (Å²) in [6.07, 6.45) is 0. The summed E-state index contributed by atoms with van der Waals surface area (Å²) in [5, 5.41) is 8.23. The van der Waals surface area contributed by atoms with Crippen molar-refractivity contribution < 1.29 is 31.8 Å². The van der Waals surface area contributed by atoms with Gasteiger partial charge in [-0.2, -0.15) is 8.42 Å². The number of nitrogens with zero attached hydrogens (tertiary/aromatic N) is 2. The Bertz CT molecular complexity index is 454. The van der Waals surface area contributed by atoms with E-state index in [0.717, 1.165) is 17.6 Å². The fourth-order valence-electron chi connectivity index (χ4n) is 2.71. The Morgan fingerprint density at radius 3 is 1.90 bits per heavy atom. The SMILES string of the molecule is CC1C[N+](C)(C)CC1CS(=O)(=O)O.C[N+](C)(C)CC(=O)O. The minimum atomic E-state index is -3.80. The van der Waals surface area contributed by atoms with Gasteiger partial charge in [0.05, 0.1) is 54.1 Å². The van der Waals surface area contributed by atoms with Crippen LogP contribution in [0.15, 0.2) is 0 Å². The van der Waals surface area contributed by atoms with Gasteiger partial charge in [0.25, 0.3) is 10.1 Å². The molecule has 1 rings (SSSR count). The number of carbonyl (C=O) groups is 1. The number of rotatable bonds is 4. The van der Waals surface area contributed by atoms with Crippen LogP contribution in [0.25, 0.3) is 0 Å². The fraction of sp³-hybridized carbons (Fsp3) is 0.923. The summed E-state index contributed by atoms with van der Waals surface area (Å²) in [4.78, 5) is 10.00. The van der Waals surface area contributed by atoms with Crippen molar-refractivity contribution in [3.05, 3.63) is 0 Å². The monoisotopic (exact) mass is 326 g/mol. The van der Waals surface area contributed by atoms with Gasteiger partial charge >= 0.3 is 5.97 Å². The molecule has 0 saturated carbocycles. The van der Waals surface area contributed by atoms with Crippen LogP contribution in [0.2, 0.25) is 0 Å². The Kier molecular flexibility index (Phi) is 6.81. The first-order valence-electron chi connectivity index (χ1n) is 6.91. The average Bonchev–Trinajstić information content (AvgIpc) is 2.32. The third-order valence-electron chi connectivity index (χ3n) is 3.35. The van der Waals surface area contributed by atoms with Crippen LogP contribution >= 0.6 is 0 Å². The van der Waals surface area contributed by atoms with Crippen LogP contribution in [-0.4, -0.2) is 93.6 Å². The van der Waals surface area contributed by atoms with Gasteiger partial charge in [-0.1, -0.05) is 6.92 Å². The largest absolute Gasteiger partial charge is 0.477 e. The van der Waals surface area contributed by atoms with Crippen molar-refractivity contribution in [2.24, 2.45) is 11.8 Å². The van der Waals surface area contributed by atoms with Crippen LogP contribution in [0.1, 0.15) is 6.92 Å². The highest BCUT2D eigenvalue weighted by Gasteiger charge is 2.39. The van der Waals surface area contributed by atoms with Crippen molar-refractivity contribution in [1.29, 1.82) is 0 Å². The van der Waals surface area contributed by atoms with E-state index < -0.39 is 16.1 Å². The predicted octanol–water partition coefficient (Wildman–Crippen LogP) is -0.00630. The van der Waals surface area contributed by atoms with Gasteiger partial charge in [0, 0.05) is 11.8 Å². The minimum absolute atomic E-state index is 0.0875. The van der Waals surface area contributed by atoms with Gasteiger partial charge in [0.1, 0.15) is 0 Å². The van der Waals surface area contributed by atoms with E-state index in [9.17, 15) is 13.2 Å². The highest BCUT2D eigenvalue weighted by molar-refractivity contribution is 7.85. The molecule has 8 heteroatoms. The lowest BCUT2D eigenvalue weighted by atomic mass is 10.0. The van der Waals surface area contributed by atoms with Crippen molar-refractivity contribution in [3.8, 4) is 0 Å². The molecule has 1 saturated heterocycles. The predicted molar refractivity (Wildman–Crippen MR) is 81.4 cm³/mol. The summed E-state index contributed by atoms with van der Waals surface area (Å²) in [5.74, 6) is -0.366. The van der Waals surface area contributed by atoms with Crippen molar-refractivity contribution in [2.45, 2.75) is 6.92 Å². The molecule has 1 fully saturated rings. The molecule has 1 heterocycles. The molecule has 21 heavy (non-hydrogen) atoms. The first-order valence-corrected chi connectivity index (χ1v) is 8.52. The molecule has 7 nitrogen and oxygen atoms in total. The van der Waals surface area contributed by atoms with E-state index in [-0.39, 0.29) is 18.2 Å². The molecule has 0 bridgehead atoms. The quantitative estimate of drug-likeness (QED) is 0.560. The number of likely N-dealkylation sites (tertiary alicyclic amines) is 1.